The Morgan fingerprint density at radius 3 is 2.30 bits per heavy atom. The predicted molar refractivity (Wildman–Crippen MR) is 80.2 cm³/mol. The van der Waals surface area contributed by atoms with Crippen LogP contribution in [0.25, 0.3) is 0 Å². The van der Waals surface area contributed by atoms with E-state index in [0.717, 1.165) is 30.2 Å². The number of hydrogen-bond donors (Lipinski definition) is 0. The molecule has 0 spiro atoms. The van der Waals surface area contributed by atoms with Gasteiger partial charge in [-0.25, -0.2) is 0 Å². The summed E-state index contributed by atoms with van der Waals surface area (Å²) in [7, 11) is 3.28. The van der Waals surface area contributed by atoms with Gasteiger partial charge in [-0.3, -0.25) is 4.90 Å². The van der Waals surface area contributed by atoms with Crippen LogP contribution in [0, 0.1) is 11.3 Å². The van der Waals surface area contributed by atoms with Crippen LogP contribution in [-0.2, 0) is 6.42 Å². The van der Waals surface area contributed by atoms with E-state index in [1.165, 1.54) is 0 Å². The predicted octanol–water partition coefficient (Wildman–Crippen LogP) is 2.87. The minimum Gasteiger partial charge on any atom is -0.497 e. The van der Waals surface area contributed by atoms with Crippen LogP contribution in [0.3, 0.4) is 0 Å². The lowest BCUT2D eigenvalue weighted by molar-refractivity contribution is 0.168. The van der Waals surface area contributed by atoms with E-state index in [2.05, 4.69) is 24.8 Å². The van der Waals surface area contributed by atoms with Crippen molar-refractivity contribution in [2.75, 3.05) is 27.3 Å². The van der Waals surface area contributed by atoms with Gasteiger partial charge in [-0.05, 0) is 38.2 Å². The molecule has 4 nitrogen and oxygen atoms in total. The molecule has 1 aromatic rings. The molecule has 0 aliphatic rings. The third kappa shape index (κ3) is 3.43. The summed E-state index contributed by atoms with van der Waals surface area (Å²) in [5.74, 6) is 1.57. The molecule has 0 saturated carbocycles. The lowest BCUT2D eigenvalue weighted by Gasteiger charge is -2.34. The van der Waals surface area contributed by atoms with E-state index in [1.807, 2.05) is 25.1 Å². The Labute approximate surface area is 121 Å². The minimum absolute atomic E-state index is 0.552. The number of nitrogens with zero attached hydrogens (tertiary/aromatic N) is 2. The van der Waals surface area contributed by atoms with E-state index >= 15 is 0 Å². The molecule has 0 fully saturated rings. The number of benzene rings is 1. The van der Waals surface area contributed by atoms with Crippen molar-refractivity contribution in [3.63, 3.8) is 0 Å². The highest BCUT2D eigenvalue weighted by molar-refractivity contribution is 5.42. The summed E-state index contributed by atoms with van der Waals surface area (Å²) in [5, 5.41) is 9.61. The smallest absolute Gasteiger partial charge is 0.122 e. The SMILES string of the molecule is CCN(CC)C(C)(C#N)Cc1cc(OC)ccc1OC. The van der Waals surface area contributed by atoms with Crippen LogP contribution in [0.4, 0.5) is 0 Å². The topological polar surface area (TPSA) is 45.5 Å². The van der Waals surface area contributed by atoms with Gasteiger partial charge in [-0.2, -0.15) is 5.26 Å². The second kappa shape index (κ2) is 7.16. The number of nitriles is 1. The Morgan fingerprint density at radius 2 is 1.85 bits per heavy atom. The molecule has 0 N–H and O–H groups in total. The van der Waals surface area contributed by atoms with Crippen molar-refractivity contribution < 1.29 is 9.47 Å². The second-order valence-electron chi connectivity index (χ2n) is 4.91. The summed E-state index contributed by atoms with van der Waals surface area (Å²) >= 11 is 0. The van der Waals surface area contributed by atoms with Gasteiger partial charge in [0.05, 0.1) is 20.3 Å². The van der Waals surface area contributed by atoms with Crippen molar-refractivity contribution in [3.05, 3.63) is 23.8 Å². The Balaban J connectivity index is 3.14. The number of ether oxygens (including phenoxy) is 2. The first kappa shape index (κ1) is 16.3. The fourth-order valence-corrected chi connectivity index (χ4v) is 2.53. The second-order valence-corrected chi connectivity index (χ2v) is 4.91. The minimum atomic E-state index is -0.552. The number of rotatable bonds is 7. The molecular formula is C16H24N2O2. The summed E-state index contributed by atoms with van der Waals surface area (Å²) in [6.45, 7) is 7.79. The normalized spacial score (nSPS) is 13.7. The Bertz CT molecular complexity index is 478. The van der Waals surface area contributed by atoms with E-state index in [1.54, 1.807) is 14.2 Å². The standard InChI is InChI=1S/C16H24N2O2/c1-6-18(7-2)16(3,12-17)11-13-10-14(19-4)8-9-15(13)20-5/h8-10H,6-7,11H2,1-5H3. The van der Waals surface area contributed by atoms with Gasteiger partial charge >= 0.3 is 0 Å². The number of hydrogen-bond acceptors (Lipinski definition) is 4. The highest BCUT2D eigenvalue weighted by atomic mass is 16.5. The first-order valence-corrected chi connectivity index (χ1v) is 6.91. The third-order valence-electron chi connectivity index (χ3n) is 3.72. The quantitative estimate of drug-likeness (QED) is 0.768. The van der Waals surface area contributed by atoms with Gasteiger partial charge < -0.3 is 9.47 Å². The molecule has 1 atom stereocenters. The maximum absolute atomic E-state index is 9.61. The zero-order valence-electron chi connectivity index (χ0n) is 13.1. The van der Waals surface area contributed by atoms with Gasteiger partial charge in [0.2, 0.25) is 0 Å². The van der Waals surface area contributed by atoms with Gasteiger partial charge in [0.1, 0.15) is 17.0 Å². The average molecular weight is 276 g/mol. The lowest BCUT2D eigenvalue weighted by Crippen LogP contribution is -2.46. The molecule has 0 amide bonds. The summed E-state index contributed by atoms with van der Waals surface area (Å²) in [4.78, 5) is 2.16. The van der Waals surface area contributed by atoms with Crippen molar-refractivity contribution >= 4 is 0 Å². The number of likely N-dealkylation sites (N-methyl/N-ethyl adjacent to an activating group) is 1. The number of methoxy groups -OCH3 is 2. The van der Waals surface area contributed by atoms with E-state index in [-0.39, 0.29) is 0 Å². The summed E-state index contributed by atoms with van der Waals surface area (Å²) in [6, 6.07) is 8.14. The molecule has 0 aliphatic carbocycles. The van der Waals surface area contributed by atoms with Crippen LogP contribution >= 0.6 is 0 Å². The summed E-state index contributed by atoms with van der Waals surface area (Å²) < 4.78 is 10.7. The van der Waals surface area contributed by atoms with E-state index in [0.29, 0.717) is 6.42 Å². The van der Waals surface area contributed by atoms with E-state index < -0.39 is 5.54 Å². The highest BCUT2D eigenvalue weighted by Gasteiger charge is 2.31. The first-order valence-electron chi connectivity index (χ1n) is 6.91. The molecule has 0 heterocycles. The van der Waals surface area contributed by atoms with Crippen LogP contribution in [0.15, 0.2) is 18.2 Å². The van der Waals surface area contributed by atoms with Crippen molar-refractivity contribution in [3.8, 4) is 17.6 Å². The van der Waals surface area contributed by atoms with Crippen LogP contribution in [0.5, 0.6) is 11.5 Å². The first-order chi connectivity index (χ1) is 9.54. The zero-order valence-corrected chi connectivity index (χ0v) is 13.1. The van der Waals surface area contributed by atoms with Crippen LogP contribution in [-0.4, -0.2) is 37.7 Å². The van der Waals surface area contributed by atoms with E-state index in [9.17, 15) is 5.26 Å². The van der Waals surface area contributed by atoms with Crippen molar-refractivity contribution in [1.29, 1.82) is 5.26 Å². The van der Waals surface area contributed by atoms with Gasteiger partial charge in [0.15, 0.2) is 0 Å². The molecule has 0 aliphatic heterocycles. The van der Waals surface area contributed by atoms with Gasteiger partial charge in [-0.15, -0.1) is 0 Å². The maximum Gasteiger partial charge on any atom is 0.122 e. The Hall–Kier alpha value is -1.73. The fraction of sp³-hybridized carbons (Fsp3) is 0.562. The molecule has 1 rings (SSSR count). The van der Waals surface area contributed by atoms with Crippen LogP contribution in [0.2, 0.25) is 0 Å². The van der Waals surface area contributed by atoms with Crippen molar-refractivity contribution in [1.82, 2.24) is 4.90 Å². The molecule has 20 heavy (non-hydrogen) atoms. The molecule has 0 saturated heterocycles. The molecule has 0 radical (unpaired) electrons. The fourth-order valence-electron chi connectivity index (χ4n) is 2.53. The molecule has 4 heteroatoms. The lowest BCUT2D eigenvalue weighted by atomic mass is 9.91. The molecule has 0 bridgehead atoms. The highest BCUT2D eigenvalue weighted by Crippen LogP contribution is 2.29. The van der Waals surface area contributed by atoms with E-state index in [4.69, 9.17) is 9.47 Å². The van der Waals surface area contributed by atoms with Crippen molar-refractivity contribution in [2.24, 2.45) is 0 Å². The summed E-state index contributed by atoms with van der Waals surface area (Å²) in [5.41, 5.74) is 0.436. The monoisotopic (exact) mass is 276 g/mol. The molecule has 110 valence electrons. The van der Waals surface area contributed by atoms with Crippen LogP contribution < -0.4 is 9.47 Å². The molecule has 0 aromatic heterocycles. The van der Waals surface area contributed by atoms with Gasteiger partial charge in [0, 0.05) is 12.0 Å². The zero-order chi connectivity index (χ0) is 15.2. The average Bonchev–Trinajstić information content (AvgIpc) is 2.48. The summed E-state index contributed by atoms with van der Waals surface area (Å²) in [6.07, 6.45) is 0.603. The largest absolute Gasteiger partial charge is 0.497 e. The maximum atomic E-state index is 9.61. The van der Waals surface area contributed by atoms with Crippen LogP contribution in [0.1, 0.15) is 26.3 Å². The Kier molecular flexibility index (Phi) is 5.84. The Morgan fingerprint density at radius 1 is 1.20 bits per heavy atom. The van der Waals surface area contributed by atoms with Gasteiger partial charge in [0.25, 0.3) is 0 Å². The molecular weight excluding hydrogens is 252 g/mol. The molecule has 1 aromatic carbocycles. The van der Waals surface area contributed by atoms with Crippen molar-refractivity contribution in [2.45, 2.75) is 32.7 Å². The third-order valence-corrected chi connectivity index (χ3v) is 3.72. The molecule has 1 unspecified atom stereocenters. The van der Waals surface area contributed by atoms with Gasteiger partial charge in [-0.1, -0.05) is 13.8 Å².